The minimum Gasteiger partial charge on any atom is -0.344 e. The summed E-state index contributed by atoms with van der Waals surface area (Å²) in [5.74, 6) is 0.976. The Hall–Kier alpha value is -4.18. The molecule has 3 aromatic carbocycles. The van der Waals surface area contributed by atoms with E-state index in [9.17, 15) is 0 Å². The molecule has 0 radical (unpaired) electrons. The fraction of sp³-hybridized carbons (Fsp3) is 0.161. The molecular formula is C31H28N4. The second kappa shape index (κ2) is 7.95. The number of para-hydroxylation sites is 2. The van der Waals surface area contributed by atoms with Gasteiger partial charge in [-0.2, -0.15) is 0 Å². The molecule has 4 heteroatoms. The summed E-state index contributed by atoms with van der Waals surface area (Å²) in [7, 11) is 4.23. The third-order valence-electron chi connectivity index (χ3n) is 7.27. The Balaban J connectivity index is 1.50. The Labute approximate surface area is 205 Å². The van der Waals surface area contributed by atoms with E-state index in [1.54, 1.807) is 0 Å². The van der Waals surface area contributed by atoms with Crippen molar-refractivity contribution in [1.82, 2.24) is 19.1 Å². The highest BCUT2D eigenvalue weighted by Gasteiger charge is 2.27. The maximum absolute atomic E-state index is 4.91. The lowest BCUT2D eigenvalue weighted by Gasteiger charge is -2.25. The van der Waals surface area contributed by atoms with Crippen molar-refractivity contribution in [2.24, 2.45) is 14.1 Å². The van der Waals surface area contributed by atoms with Gasteiger partial charge in [-0.1, -0.05) is 62.4 Å². The highest BCUT2D eigenvalue weighted by atomic mass is 15.1. The van der Waals surface area contributed by atoms with Crippen molar-refractivity contribution >= 4 is 21.9 Å². The fourth-order valence-electron chi connectivity index (χ4n) is 5.27. The molecule has 0 bridgehead atoms. The van der Waals surface area contributed by atoms with Crippen LogP contribution in [-0.4, -0.2) is 19.1 Å². The van der Waals surface area contributed by atoms with Gasteiger partial charge < -0.3 is 9.13 Å². The lowest BCUT2D eigenvalue weighted by atomic mass is 9.79. The van der Waals surface area contributed by atoms with Gasteiger partial charge in [0, 0.05) is 47.9 Å². The van der Waals surface area contributed by atoms with E-state index in [-0.39, 0.29) is 5.41 Å². The monoisotopic (exact) mass is 456 g/mol. The van der Waals surface area contributed by atoms with Gasteiger partial charge in [-0.3, -0.25) is 4.98 Å². The van der Waals surface area contributed by atoms with Crippen LogP contribution in [0, 0.1) is 0 Å². The third kappa shape index (κ3) is 3.36. The average Bonchev–Trinajstić information content (AvgIpc) is 3.41. The van der Waals surface area contributed by atoms with Crippen LogP contribution in [0.3, 0.4) is 0 Å². The lowest BCUT2D eigenvalue weighted by Crippen LogP contribution is -2.20. The Morgan fingerprint density at radius 1 is 0.686 bits per heavy atom. The topological polar surface area (TPSA) is 35.6 Å². The predicted octanol–water partition coefficient (Wildman–Crippen LogP) is 7.12. The van der Waals surface area contributed by atoms with Crippen LogP contribution < -0.4 is 0 Å². The van der Waals surface area contributed by atoms with E-state index in [1.807, 2.05) is 18.3 Å². The van der Waals surface area contributed by atoms with Gasteiger partial charge in [-0.15, -0.1) is 0 Å². The van der Waals surface area contributed by atoms with Gasteiger partial charge in [0.25, 0.3) is 0 Å². The van der Waals surface area contributed by atoms with Gasteiger partial charge in [0.1, 0.15) is 5.82 Å². The van der Waals surface area contributed by atoms with Crippen molar-refractivity contribution in [3.63, 3.8) is 0 Å². The molecule has 3 aromatic heterocycles. The number of aryl methyl sites for hydroxylation is 2. The number of hydrogen-bond donors (Lipinski definition) is 0. The highest BCUT2D eigenvalue weighted by molar-refractivity contribution is 5.91. The second-order valence-corrected chi connectivity index (χ2v) is 9.73. The Bertz CT molecular complexity index is 1690. The van der Waals surface area contributed by atoms with E-state index in [4.69, 9.17) is 4.98 Å². The summed E-state index contributed by atoms with van der Waals surface area (Å²) in [4.78, 5) is 9.59. The summed E-state index contributed by atoms with van der Waals surface area (Å²) in [5.41, 5.74) is 8.98. The summed E-state index contributed by atoms with van der Waals surface area (Å²) in [5, 5.41) is 1.26. The van der Waals surface area contributed by atoms with Gasteiger partial charge >= 0.3 is 0 Å². The molecule has 0 spiro atoms. The van der Waals surface area contributed by atoms with Crippen molar-refractivity contribution in [3.05, 3.63) is 108 Å². The smallest absolute Gasteiger partial charge is 0.140 e. The number of imidazole rings is 1. The molecule has 0 amide bonds. The maximum Gasteiger partial charge on any atom is 0.140 e. The van der Waals surface area contributed by atoms with Crippen molar-refractivity contribution in [1.29, 1.82) is 0 Å². The zero-order valence-electron chi connectivity index (χ0n) is 20.5. The van der Waals surface area contributed by atoms with Gasteiger partial charge in [0.2, 0.25) is 0 Å². The number of hydrogen-bond acceptors (Lipinski definition) is 2. The van der Waals surface area contributed by atoms with Gasteiger partial charge in [-0.25, -0.2) is 4.98 Å². The molecule has 6 aromatic rings. The van der Waals surface area contributed by atoms with Gasteiger partial charge in [0.15, 0.2) is 0 Å². The molecule has 35 heavy (non-hydrogen) atoms. The van der Waals surface area contributed by atoms with E-state index in [0.717, 1.165) is 28.1 Å². The molecule has 0 N–H and O–H groups in total. The zero-order chi connectivity index (χ0) is 24.2. The van der Waals surface area contributed by atoms with E-state index in [2.05, 4.69) is 121 Å². The highest BCUT2D eigenvalue weighted by Crippen LogP contribution is 2.38. The molecule has 6 rings (SSSR count). The van der Waals surface area contributed by atoms with Crippen molar-refractivity contribution in [2.45, 2.75) is 19.3 Å². The molecule has 0 saturated heterocycles. The molecule has 0 aliphatic heterocycles. The van der Waals surface area contributed by atoms with E-state index in [0.29, 0.717) is 0 Å². The fourth-order valence-corrected chi connectivity index (χ4v) is 5.27. The van der Waals surface area contributed by atoms with Crippen LogP contribution in [0.5, 0.6) is 0 Å². The van der Waals surface area contributed by atoms with E-state index >= 15 is 0 Å². The number of nitrogens with zero attached hydrogens (tertiary/aromatic N) is 4. The van der Waals surface area contributed by atoms with Crippen molar-refractivity contribution in [3.8, 4) is 22.6 Å². The van der Waals surface area contributed by atoms with Crippen LogP contribution in [-0.2, 0) is 19.5 Å². The van der Waals surface area contributed by atoms with Crippen LogP contribution >= 0.6 is 0 Å². The normalized spacial score (nSPS) is 12.0. The lowest BCUT2D eigenvalue weighted by molar-refractivity contribution is 0.622. The molecular weight excluding hydrogens is 428 g/mol. The molecule has 172 valence electrons. The summed E-state index contributed by atoms with van der Waals surface area (Å²) < 4.78 is 4.46. The van der Waals surface area contributed by atoms with Crippen LogP contribution in [0.15, 0.2) is 97.2 Å². The summed E-state index contributed by atoms with van der Waals surface area (Å²) >= 11 is 0. The third-order valence-corrected chi connectivity index (χ3v) is 7.27. The number of fused-ring (bicyclic) bond motifs is 2. The van der Waals surface area contributed by atoms with Crippen molar-refractivity contribution in [2.75, 3.05) is 0 Å². The molecule has 0 aliphatic carbocycles. The minimum atomic E-state index is -0.214. The van der Waals surface area contributed by atoms with Gasteiger partial charge in [-0.05, 0) is 53.6 Å². The molecule has 4 nitrogen and oxygen atoms in total. The van der Waals surface area contributed by atoms with Crippen LogP contribution in [0.2, 0.25) is 0 Å². The first kappa shape index (κ1) is 21.4. The molecule has 0 saturated carbocycles. The Kier molecular flexibility index (Phi) is 4.85. The Morgan fingerprint density at radius 3 is 2.23 bits per heavy atom. The maximum atomic E-state index is 4.91. The first-order valence-electron chi connectivity index (χ1n) is 12.0. The van der Waals surface area contributed by atoms with Crippen LogP contribution in [0.1, 0.15) is 25.1 Å². The molecule has 0 fully saturated rings. The standard InChI is InChI=1S/C31H28N4/c1-31(2,29-17-7-8-18-32-29)24-13-10-16-26-23(24)20-28(34(26)3)21-11-9-12-22(19-21)30-33-25-14-5-6-15-27(25)35(30)4/h5-20H,1-4H3. The summed E-state index contributed by atoms with van der Waals surface area (Å²) in [6, 6.07) is 32.0. The quantitative estimate of drug-likeness (QED) is 0.283. The summed E-state index contributed by atoms with van der Waals surface area (Å²) in [6.45, 7) is 4.51. The SMILES string of the molecule is Cn1c(-c2cccc(-c3cc4c(C(C)(C)c5ccccn5)cccc4n3C)c2)nc2ccccc21. The molecule has 0 unspecified atom stereocenters. The van der Waals surface area contributed by atoms with Crippen molar-refractivity contribution < 1.29 is 0 Å². The van der Waals surface area contributed by atoms with E-state index < -0.39 is 0 Å². The second-order valence-electron chi connectivity index (χ2n) is 9.73. The first-order chi connectivity index (χ1) is 16.9. The Morgan fingerprint density at radius 2 is 1.43 bits per heavy atom. The van der Waals surface area contributed by atoms with E-state index in [1.165, 1.54) is 27.7 Å². The number of benzene rings is 3. The van der Waals surface area contributed by atoms with Crippen LogP contribution in [0.25, 0.3) is 44.6 Å². The van der Waals surface area contributed by atoms with Crippen LogP contribution in [0.4, 0.5) is 0 Å². The molecule has 0 aliphatic rings. The largest absolute Gasteiger partial charge is 0.344 e. The predicted molar refractivity (Wildman–Crippen MR) is 144 cm³/mol. The number of rotatable bonds is 4. The number of pyridine rings is 1. The van der Waals surface area contributed by atoms with Gasteiger partial charge in [0.05, 0.1) is 16.7 Å². The average molecular weight is 457 g/mol. The first-order valence-corrected chi connectivity index (χ1v) is 12.0. The number of aromatic nitrogens is 4. The summed E-state index contributed by atoms with van der Waals surface area (Å²) in [6.07, 6.45) is 1.88. The molecule has 3 heterocycles. The zero-order valence-corrected chi connectivity index (χ0v) is 20.5. The minimum absolute atomic E-state index is 0.214. The molecule has 0 atom stereocenters.